The molecule has 108 valence electrons. The van der Waals surface area contributed by atoms with Crippen molar-refractivity contribution in [3.8, 4) is 5.75 Å². The zero-order valence-corrected chi connectivity index (χ0v) is 12.4. The third kappa shape index (κ3) is 2.51. The fourth-order valence-corrected chi connectivity index (χ4v) is 4.19. The van der Waals surface area contributed by atoms with Crippen LogP contribution < -0.4 is 5.32 Å². The van der Waals surface area contributed by atoms with Gasteiger partial charge in [-0.3, -0.25) is 4.79 Å². The molecule has 3 rings (SSSR count). The number of hydrogen-bond donors (Lipinski definition) is 2. The Morgan fingerprint density at radius 3 is 2.85 bits per heavy atom. The highest BCUT2D eigenvalue weighted by molar-refractivity contribution is 6.33. The van der Waals surface area contributed by atoms with Crippen LogP contribution in [0.25, 0.3) is 0 Å². The van der Waals surface area contributed by atoms with E-state index in [0.717, 1.165) is 11.8 Å². The molecule has 0 aliphatic heterocycles. The molecule has 2 aliphatic rings. The predicted molar refractivity (Wildman–Crippen MR) is 79.0 cm³/mol. The monoisotopic (exact) mass is 293 g/mol. The summed E-state index contributed by atoms with van der Waals surface area (Å²) in [6.45, 7) is 2.08. The number of nitrogens with one attached hydrogen (secondary N) is 1. The van der Waals surface area contributed by atoms with Crippen LogP contribution in [0.4, 0.5) is 0 Å². The highest BCUT2D eigenvalue weighted by atomic mass is 35.5. The van der Waals surface area contributed by atoms with Crippen LogP contribution in [0.1, 0.15) is 43.0 Å². The van der Waals surface area contributed by atoms with Gasteiger partial charge in [-0.05, 0) is 62.1 Å². The lowest BCUT2D eigenvalue weighted by molar-refractivity contribution is 0.0915. The minimum atomic E-state index is -0.193. The van der Waals surface area contributed by atoms with E-state index in [9.17, 15) is 9.90 Å². The Labute approximate surface area is 124 Å². The second-order valence-electron chi connectivity index (χ2n) is 6.27. The number of halogens is 1. The van der Waals surface area contributed by atoms with E-state index in [4.69, 9.17) is 11.6 Å². The van der Waals surface area contributed by atoms with Crippen molar-refractivity contribution in [1.82, 2.24) is 5.32 Å². The van der Waals surface area contributed by atoms with Crippen molar-refractivity contribution in [3.05, 3.63) is 28.8 Å². The van der Waals surface area contributed by atoms with Crippen molar-refractivity contribution in [2.75, 3.05) is 0 Å². The standard InChI is InChI=1S/C16H20ClNO2/c1-9(13-7-10-2-3-11(13)6-10)18-16(20)14-8-12(19)4-5-15(14)17/h4-5,8-11,13,19H,2-3,6-7H2,1H3,(H,18,20). The van der Waals surface area contributed by atoms with Crippen LogP contribution in [-0.2, 0) is 0 Å². The van der Waals surface area contributed by atoms with Crippen LogP contribution in [0.2, 0.25) is 5.02 Å². The quantitative estimate of drug-likeness (QED) is 0.894. The summed E-state index contributed by atoms with van der Waals surface area (Å²) in [6.07, 6.45) is 5.24. The third-order valence-corrected chi connectivity index (χ3v) is 5.32. The molecule has 1 aromatic carbocycles. The number of phenolic OH excluding ortho intramolecular Hbond substituents is 1. The fourth-order valence-electron chi connectivity index (χ4n) is 3.99. The van der Waals surface area contributed by atoms with Gasteiger partial charge in [0, 0.05) is 6.04 Å². The van der Waals surface area contributed by atoms with Gasteiger partial charge in [0.2, 0.25) is 0 Å². The summed E-state index contributed by atoms with van der Waals surface area (Å²) in [4.78, 5) is 12.3. The molecule has 0 spiro atoms. The number of carbonyl (C=O) groups is 1. The van der Waals surface area contributed by atoms with Crippen LogP contribution >= 0.6 is 11.6 Å². The first-order valence-electron chi connectivity index (χ1n) is 7.34. The van der Waals surface area contributed by atoms with Gasteiger partial charge in [0.1, 0.15) is 5.75 Å². The molecule has 1 aromatic rings. The Bertz CT molecular complexity index is 531. The van der Waals surface area contributed by atoms with E-state index in [0.29, 0.717) is 16.5 Å². The smallest absolute Gasteiger partial charge is 0.253 e. The van der Waals surface area contributed by atoms with Crippen LogP contribution in [0.15, 0.2) is 18.2 Å². The highest BCUT2D eigenvalue weighted by Gasteiger charge is 2.42. The topological polar surface area (TPSA) is 49.3 Å². The van der Waals surface area contributed by atoms with E-state index in [1.54, 1.807) is 6.07 Å². The molecule has 4 heteroatoms. The van der Waals surface area contributed by atoms with E-state index in [1.165, 1.54) is 37.8 Å². The molecule has 4 unspecified atom stereocenters. The lowest BCUT2D eigenvalue weighted by atomic mass is 9.84. The summed E-state index contributed by atoms with van der Waals surface area (Å²) in [5.41, 5.74) is 0.349. The second kappa shape index (κ2) is 5.28. The normalized spacial score (nSPS) is 29.4. The van der Waals surface area contributed by atoms with Gasteiger partial charge in [0.05, 0.1) is 10.6 Å². The second-order valence-corrected chi connectivity index (χ2v) is 6.67. The number of phenols is 1. The highest BCUT2D eigenvalue weighted by Crippen LogP contribution is 2.49. The summed E-state index contributed by atoms with van der Waals surface area (Å²) >= 11 is 6.03. The minimum absolute atomic E-state index is 0.0622. The van der Waals surface area contributed by atoms with Crippen LogP contribution in [0.3, 0.4) is 0 Å². The van der Waals surface area contributed by atoms with Crippen molar-refractivity contribution >= 4 is 17.5 Å². The summed E-state index contributed by atoms with van der Waals surface area (Å²) in [6, 6.07) is 4.62. The van der Waals surface area contributed by atoms with Crippen LogP contribution in [0, 0.1) is 17.8 Å². The van der Waals surface area contributed by atoms with Crippen LogP contribution in [0.5, 0.6) is 5.75 Å². The predicted octanol–water partition coefficient (Wildman–Crippen LogP) is 3.60. The van der Waals surface area contributed by atoms with Gasteiger partial charge in [-0.1, -0.05) is 18.0 Å². The SMILES string of the molecule is CC(NC(=O)c1cc(O)ccc1Cl)C1CC2CCC1C2. The maximum atomic E-state index is 12.3. The zero-order valence-electron chi connectivity index (χ0n) is 11.6. The van der Waals surface area contributed by atoms with Gasteiger partial charge < -0.3 is 10.4 Å². The molecule has 1 amide bonds. The van der Waals surface area contributed by atoms with Gasteiger partial charge in [-0.2, -0.15) is 0 Å². The number of rotatable bonds is 3. The van der Waals surface area contributed by atoms with E-state index < -0.39 is 0 Å². The molecule has 0 radical (unpaired) electrons. The first kappa shape index (κ1) is 13.7. The lowest BCUT2D eigenvalue weighted by Crippen LogP contribution is -2.40. The molecule has 2 aliphatic carbocycles. The number of fused-ring (bicyclic) bond motifs is 2. The maximum Gasteiger partial charge on any atom is 0.253 e. The Balaban J connectivity index is 1.68. The maximum absolute atomic E-state index is 12.3. The largest absolute Gasteiger partial charge is 0.508 e. The number of benzene rings is 1. The average molecular weight is 294 g/mol. The van der Waals surface area contributed by atoms with Gasteiger partial charge in [-0.25, -0.2) is 0 Å². The zero-order chi connectivity index (χ0) is 14.3. The first-order chi connectivity index (χ1) is 9.54. The summed E-state index contributed by atoms with van der Waals surface area (Å²) < 4.78 is 0. The average Bonchev–Trinajstić information content (AvgIpc) is 3.03. The molecule has 20 heavy (non-hydrogen) atoms. The van der Waals surface area contributed by atoms with Crippen LogP contribution in [-0.4, -0.2) is 17.1 Å². The molecule has 2 N–H and O–H groups in total. The van der Waals surface area contributed by atoms with Gasteiger partial charge in [-0.15, -0.1) is 0 Å². The molecular formula is C16H20ClNO2. The number of aromatic hydroxyl groups is 1. The summed E-state index contributed by atoms with van der Waals surface area (Å²) in [7, 11) is 0. The molecule has 3 nitrogen and oxygen atoms in total. The molecule has 4 atom stereocenters. The van der Waals surface area contributed by atoms with Gasteiger partial charge in [0.15, 0.2) is 0 Å². The first-order valence-corrected chi connectivity index (χ1v) is 7.71. The Hall–Kier alpha value is -1.22. The van der Waals surface area contributed by atoms with E-state index in [1.807, 2.05) is 0 Å². The third-order valence-electron chi connectivity index (χ3n) is 4.99. The van der Waals surface area contributed by atoms with Gasteiger partial charge in [0.25, 0.3) is 5.91 Å². The lowest BCUT2D eigenvalue weighted by Gasteiger charge is -2.28. The molecular weight excluding hydrogens is 274 g/mol. The molecule has 0 saturated heterocycles. The Kier molecular flexibility index (Phi) is 3.63. The van der Waals surface area contributed by atoms with Crippen molar-refractivity contribution in [1.29, 1.82) is 0 Å². The molecule has 2 bridgehead atoms. The van der Waals surface area contributed by atoms with E-state index in [2.05, 4.69) is 12.2 Å². The minimum Gasteiger partial charge on any atom is -0.508 e. The summed E-state index contributed by atoms with van der Waals surface area (Å²) in [5, 5.41) is 12.9. The molecule has 0 heterocycles. The van der Waals surface area contributed by atoms with Crippen molar-refractivity contribution in [2.45, 2.75) is 38.6 Å². The van der Waals surface area contributed by atoms with E-state index >= 15 is 0 Å². The van der Waals surface area contributed by atoms with E-state index in [-0.39, 0.29) is 17.7 Å². The molecule has 2 fully saturated rings. The molecule has 0 aromatic heterocycles. The number of amides is 1. The number of hydrogen-bond acceptors (Lipinski definition) is 2. The Morgan fingerprint density at radius 2 is 2.20 bits per heavy atom. The van der Waals surface area contributed by atoms with Crippen molar-refractivity contribution in [3.63, 3.8) is 0 Å². The van der Waals surface area contributed by atoms with Gasteiger partial charge >= 0.3 is 0 Å². The van der Waals surface area contributed by atoms with Crippen molar-refractivity contribution < 1.29 is 9.90 Å². The summed E-state index contributed by atoms with van der Waals surface area (Å²) in [5.74, 6) is 2.10. The molecule has 2 saturated carbocycles. The number of carbonyl (C=O) groups excluding carboxylic acids is 1. The Morgan fingerprint density at radius 1 is 1.40 bits per heavy atom. The van der Waals surface area contributed by atoms with Crippen molar-refractivity contribution in [2.24, 2.45) is 17.8 Å². The fraction of sp³-hybridized carbons (Fsp3) is 0.562.